The number of anilines is 1. The van der Waals surface area contributed by atoms with Gasteiger partial charge in [-0.2, -0.15) is 5.26 Å². The third-order valence-corrected chi connectivity index (χ3v) is 2.71. The Morgan fingerprint density at radius 2 is 2.29 bits per heavy atom. The first-order valence-corrected chi connectivity index (χ1v) is 5.41. The number of aryl methyl sites for hydroxylation is 2. The van der Waals surface area contributed by atoms with Gasteiger partial charge in [0.2, 0.25) is 0 Å². The Kier molecular flexibility index (Phi) is 3.10. The maximum atomic E-state index is 8.79. The van der Waals surface area contributed by atoms with Crippen molar-refractivity contribution in [3.8, 4) is 6.07 Å². The van der Waals surface area contributed by atoms with Crippen molar-refractivity contribution >= 4 is 5.69 Å². The summed E-state index contributed by atoms with van der Waals surface area (Å²) in [6.45, 7) is 2.66. The summed E-state index contributed by atoms with van der Waals surface area (Å²) in [5.41, 5.74) is 2.79. The number of nitriles is 1. The molecule has 0 unspecified atom stereocenters. The zero-order valence-corrected chi connectivity index (χ0v) is 9.94. The topological polar surface area (TPSA) is 53.6 Å². The van der Waals surface area contributed by atoms with Crippen LogP contribution in [-0.4, -0.2) is 9.55 Å². The zero-order chi connectivity index (χ0) is 12.3. The van der Waals surface area contributed by atoms with Crippen molar-refractivity contribution in [1.29, 1.82) is 5.26 Å². The van der Waals surface area contributed by atoms with Crippen LogP contribution in [0.15, 0.2) is 30.6 Å². The predicted octanol–water partition coefficient (Wildman–Crippen LogP) is 2.21. The fraction of sp³-hybridized carbons (Fsp3) is 0.231. The summed E-state index contributed by atoms with van der Waals surface area (Å²) in [7, 11) is 1.97. The second kappa shape index (κ2) is 4.71. The predicted molar refractivity (Wildman–Crippen MR) is 66.4 cm³/mol. The van der Waals surface area contributed by atoms with Crippen molar-refractivity contribution < 1.29 is 0 Å². The number of hydrogen-bond acceptors (Lipinski definition) is 3. The molecule has 0 bridgehead atoms. The van der Waals surface area contributed by atoms with Crippen molar-refractivity contribution in [2.45, 2.75) is 13.5 Å². The Bertz CT molecular complexity index is 563. The minimum atomic E-state index is 0.677. The Labute approximate surface area is 101 Å². The van der Waals surface area contributed by atoms with Gasteiger partial charge in [0.25, 0.3) is 0 Å². The van der Waals surface area contributed by atoms with Gasteiger partial charge in [-0.15, -0.1) is 0 Å². The van der Waals surface area contributed by atoms with Gasteiger partial charge >= 0.3 is 0 Å². The van der Waals surface area contributed by atoms with E-state index in [-0.39, 0.29) is 0 Å². The molecule has 1 aromatic heterocycles. The highest BCUT2D eigenvalue weighted by Gasteiger charge is 2.02. The second-order valence-electron chi connectivity index (χ2n) is 3.95. The lowest BCUT2D eigenvalue weighted by atomic mass is 10.1. The van der Waals surface area contributed by atoms with Gasteiger partial charge in [0.15, 0.2) is 0 Å². The van der Waals surface area contributed by atoms with Crippen LogP contribution in [0, 0.1) is 18.3 Å². The minimum Gasteiger partial charge on any atom is -0.378 e. The number of benzene rings is 1. The van der Waals surface area contributed by atoms with Crippen molar-refractivity contribution in [3.05, 3.63) is 47.5 Å². The van der Waals surface area contributed by atoms with Gasteiger partial charge < -0.3 is 9.88 Å². The molecule has 2 rings (SSSR count). The van der Waals surface area contributed by atoms with E-state index in [9.17, 15) is 0 Å². The fourth-order valence-electron chi connectivity index (χ4n) is 1.67. The van der Waals surface area contributed by atoms with Gasteiger partial charge in [-0.05, 0) is 30.7 Å². The molecule has 0 aliphatic heterocycles. The van der Waals surface area contributed by atoms with E-state index in [0.29, 0.717) is 12.1 Å². The summed E-state index contributed by atoms with van der Waals surface area (Å²) in [5, 5.41) is 12.1. The molecule has 1 N–H and O–H groups in total. The van der Waals surface area contributed by atoms with Crippen molar-refractivity contribution in [2.75, 3.05) is 5.32 Å². The molecular formula is C13H14N4. The van der Waals surface area contributed by atoms with Crippen molar-refractivity contribution in [1.82, 2.24) is 9.55 Å². The molecule has 0 fully saturated rings. The Morgan fingerprint density at radius 1 is 1.47 bits per heavy atom. The number of rotatable bonds is 3. The summed E-state index contributed by atoms with van der Waals surface area (Å²) < 4.78 is 1.98. The normalized spacial score (nSPS) is 9.94. The van der Waals surface area contributed by atoms with Crippen LogP contribution in [0.3, 0.4) is 0 Å². The van der Waals surface area contributed by atoms with Crippen LogP contribution in [0.25, 0.3) is 0 Å². The molecule has 0 aliphatic rings. The molecule has 0 atom stereocenters. The molecule has 17 heavy (non-hydrogen) atoms. The molecule has 1 aromatic carbocycles. The summed E-state index contributed by atoms with van der Waals surface area (Å²) in [6.07, 6.45) is 3.70. The molecule has 0 amide bonds. The van der Waals surface area contributed by atoms with Gasteiger partial charge in [-0.3, -0.25) is 0 Å². The number of nitrogens with one attached hydrogen (secondary N) is 1. The average Bonchev–Trinajstić information content (AvgIpc) is 2.73. The van der Waals surface area contributed by atoms with Gasteiger partial charge in [-0.1, -0.05) is 0 Å². The second-order valence-corrected chi connectivity index (χ2v) is 3.95. The molecule has 4 nitrogen and oxygen atoms in total. The van der Waals surface area contributed by atoms with E-state index < -0.39 is 0 Å². The highest BCUT2D eigenvalue weighted by atomic mass is 15.1. The summed E-state index contributed by atoms with van der Waals surface area (Å²) >= 11 is 0. The first kappa shape index (κ1) is 11.2. The smallest absolute Gasteiger partial charge is 0.127 e. The molecule has 0 radical (unpaired) electrons. The van der Waals surface area contributed by atoms with E-state index in [0.717, 1.165) is 17.1 Å². The fourth-order valence-corrected chi connectivity index (χ4v) is 1.67. The lowest BCUT2D eigenvalue weighted by Gasteiger charge is -2.09. The van der Waals surface area contributed by atoms with E-state index in [4.69, 9.17) is 5.26 Å². The SMILES string of the molecule is Cc1cc(C#N)ccc1NCc1nccn1C. The molecule has 0 saturated heterocycles. The van der Waals surface area contributed by atoms with Gasteiger partial charge in [0, 0.05) is 25.1 Å². The van der Waals surface area contributed by atoms with Crippen LogP contribution in [0.2, 0.25) is 0 Å². The molecular weight excluding hydrogens is 212 g/mol. The Balaban J connectivity index is 2.10. The quantitative estimate of drug-likeness (QED) is 0.873. The van der Waals surface area contributed by atoms with Crippen LogP contribution < -0.4 is 5.32 Å². The average molecular weight is 226 g/mol. The van der Waals surface area contributed by atoms with E-state index in [1.165, 1.54) is 0 Å². The van der Waals surface area contributed by atoms with Gasteiger partial charge in [0.1, 0.15) is 5.82 Å². The van der Waals surface area contributed by atoms with Crippen LogP contribution in [-0.2, 0) is 13.6 Å². The molecule has 0 spiro atoms. The molecule has 1 heterocycles. The van der Waals surface area contributed by atoms with Gasteiger partial charge in [-0.25, -0.2) is 4.98 Å². The maximum Gasteiger partial charge on any atom is 0.127 e. The number of nitrogens with zero attached hydrogens (tertiary/aromatic N) is 3. The third kappa shape index (κ3) is 2.45. The van der Waals surface area contributed by atoms with Crippen LogP contribution >= 0.6 is 0 Å². The van der Waals surface area contributed by atoms with Gasteiger partial charge in [0.05, 0.1) is 18.2 Å². The minimum absolute atomic E-state index is 0.677. The molecule has 2 aromatic rings. The third-order valence-electron chi connectivity index (χ3n) is 2.71. The van der Waals surface area contributed by atoms with E-state index in [1.54, 1.807) is 6.20 Å². The monoisotopic (exact) mass is 226 g/mol. The standard InChI is InChI=1S/C13H14N4/c1-10-7-11(8-14)3-4-12(10)16-9-13-15-5-6-17(13)2/h3-7,16H,9H2,1-2H3. The van der Waals surface area contributed by atoms with Crippen LogP contribution in [0.5, 0.6) is 0 Å². The zero-order valence-electron chi connectivity index (χ0n) is 9.94. The molecule has 4 heteroatoms. The van der Waals surface area contributed by atoms with E-state index in [1.807, 2.05) is 42.9 Å². The summed E-state index contributed by atoms with van der Waals surface area (Å²) in [5.74, 6) is 0.980. The lowest BCUT2D eigenvalue weighted by Crippen LogP contribution is -2.06. The molecule has 0 saturated carbocycles. The molecule has 86 valence electrons. The number of aromatic nitrogens is 2. The number of hydrogen-bond donors (Lipinski definition) is 1. The van der Waals surface area contributed by atoms with Crippen LogP contribution in [0.4, 0.5) is 5.69 Å². The first-order valence-electron chi connectivity index (χ1n) is 5.41. The van der Waals surface area contributed by atoms with E-state index >= 15 is 0 Å². The van der Waals surface area contributed by atoms with Crippen molar-refractivity contribution in [2.24, 2.45) is 7.05 Å². The Hall–Kier alpha value is -2.28. The first-order chi connectivity index (χ1) is 8.20. The summed E-state index contributed by atoms with van der Waals surface area (Å²) in [6, 6.07) is 7.75. The largest absolute Gasteiger partial charge is 0.378 e. The molecule has 0 aliphatic carbocycles. The van der Waals surface area contributed by atoms with Crippen molar-refractivity contribution in [3.63, 3.8) is 0 Å². The highest BCUT2D eigenvalue weighted by Crippen LogP contribution is 2.16. The maximum absolute atomic E-state index is 8.79. The number of imidazole rings is 1. The lowest BCUT2D eigenvalue weighted by molar-refractivity contribution is 0.812. The van der Waals surface area contributed by atoms with Crippen LogP contribution in [0.1, 0.15) is 17.0 Å². The Morgan fingerprint density at radius 3 is 2.88 bits per heavy atom. The van der Waals surface area contributed by atoms with E-state index in [2.05, 4.69) is 16.4 Å². The highest BCUT2D eigenvalue weighted by molar-refractivity contribution is 5.54. The summed E-state index contributed by atoms with van der Waals surface area (Å²) in [4.78, 5) is 4.24.